The maximum absolute atomic E-state index is 13.6. The topological polar surface area (TPSA) is 106 Å². The highest BCUT2D eigenvalue weighted by Gasteiger charge is 2.35. The summed E-state index contributed by atoms with van der Waals surface area (Å²) in [6, 6.07) is 8.64. The standard InChI is InChI=1S/C20H19F4N5O4S/c1-12(13-6-7-18(25-10-13)28(2)33-34(31)32)19(30)26-11-16-9-17(20(22,23)24)27-29(16)15-5-3-4-14(21)8-15/h3-10,12,34H,11H2,1-2H3,(H,26,30). The van der Waals surface area contributed by atoms with Crippen molar-refractivity contribution in [1.29, 1.82) is 0 Å². The molecule has 0 aliphatic heterocycles. The van der Waals surface area contributed by atoms with Gasteiger partial charge in [0.1, 0.15) is 5.82 Å². The number of benzene rings is 1. The summed E-state index contributed by atoms with van der Waals surface area (Å²) in [4.78, 5) is 16.6. The Hall–Kier alpha value is -3.52. The number of alkyl halides is 3. The molecule has 1 aromatic carbocycles. The third-order valence-corrected chi connectivity index (χ3v) is 5.12. The van der Waals surface area contributed by atoms with Crippen molar-refractivity contribution >= 4 is 22.7 Å². The fraction of sp³-hybridized carbons (Fsp3) is 0.250. The van der Waals surface area contributed by atoms with E-state index in [1.165, 1.54) is 37.5 Å². The van der Waals surface area contributed by atoms with Gasteiger partial charge in [0, 0.05) is 13.2 Å². The lowest BCUT2D eigenvalue weighted by Gasteiger charge is -2.16. The highest BCUT2D eigenvalue weighted by Crippen LogP contribution is 2.30. The summed E-state index contributed by atoms with van der Waals surface area (Å²) in [7, 11) is -1.79. The SMILES string of the molecule is CC(C(=O)NCc1cc(C(F)(F)F)nn1-c1cccc(F)c1)c1ccc(N(C)O[SH](=O)=O)nc1. The summed E-state index contributed by atoms with van der Waals surface area (Å²) in [6.45, 7) is 1.26. The Kier molecular flexibility index (Phi) is 7.51. The van der Waals surface area contributed by atoms with Gasteiger partial charge in [-0.15, -0.1) is 4.28 Å². The maximum atomic E-state index is 13.6. The van der Waals surface area contributed by atoms with Gasteiger partial charge in [0.05, 0.1) is 23.8 Å². The Morgan fingerprint density at radius 3 is 2.56 bits per heavy atom. The highest BCUT2D eigenvalue weighted by molar-refractivity contribution is 7.67. The predicted molar refractivity (Wildman–Crippen MR) is 113 cm³/mol. The molecule has 0 fully saturated rings. The molecule has 1 N–H and O–H groups in total. The number of carbonyl (C=O) groups excluding carboxylic acids is 1. The minimum Gasteiger partial charge on any atom is -0.350 e. The molecule has 0 aliphatic rings. The second-order valence-corrected chi connectivity index (χ2v) is 7.71. The van der Waals surface area contributed by atoms with Gasteiger partial charge in [-0.3, -0.25) is 4.79 Å². The molecule has 2 heterocycles. The van der Waals surface area contributed by atoms with Gasteiger partial charge in [-0.2, -0.15) is 18.3 Å². The van der Waals surface area contributed by atoms with Crippen molar-refractivity contribution in [3.63, 3.8) is 0 Å². The molecule has 9 nitrogen and oxygen atoms in total. The number of amides is 1. The normalized spacial score (nSPS) is 12.6. The molecule has 182 valence electrons. The van der Waals surface area contributed by atoms with Gasteiger partial charge in [0.15, 0.2) is 11.5 Å². The number of aromatic nitrogens is 3. The lowest BCUT2D eigenvalue weighted by molar-refractivity contribution is -0.141. The van der Waals surface area contributed by atoms with Gasteiger partial charge in [-0.05, 0) is 42.8 Å². The van der Waals surface area contributed by atoms with Crippen LogP contribution in [0.1, 0.15) is 29.8 Å². The average molecular weight is 501 g/mol. The first-order chi connectivity index (χ1) is 16.0. The van der Waals surface area contributed by atoms with Crippen LogP contribution in [0.15, 0.2) is 48.7 Å². The first-order valence-corrected chi connectivity index (χ1v) is 10.8. The van der Waals surface area contributed by atoms with Gasteiger partial charge in [-0.25, -0.2) is 27.5 Å². The van der Waals surface area contributed by atoms with Gasteiger partial charge in [0.2, 0.25) is 5.91 Å². The van der Waals surface area contributed by atoms with E-state index in [2.05, 4.69) is 19.7 Å². The number of pyridine rings is 1. The molecule has 3 rings (SSSR count). The molecule has 0 spiro atoms. The molecule has 1 unspecified atom stereocenters. The van der Waals surface area contributed by atoms with Gasteiger partial charge >= 0.3 is 6.18 Å². The highest BCUT2D eigenvalue weighted by atomic mass is 32.2. The Morgan fingerprint density at radius 2 is 1.97 bits per heavy atom. The van der Waals surface area contributed by atoms with Gasteiger partial charge in [-0.1, -0.05) is 12.1 Å². The monoisotopic (exact) mass is 501 g/mol. The number of hydroxylamine groups is 1. The van der Waals surface area contributed by atoms with Crippen LogP contribution in [0.2, 0.25) is 0 Å². The number of hydrogen-bond donors (Lipinski definition) is 2. The van der Waals surface area contributed by atoms with Crippen LogP contribution >= 0.6 is 0 Å². The van der Waals surface area contributed by atoms with Crippen molar-refractivity contribution in [2.75, 3.05) is 12.1 Å². The average Bonchev–Trinajstić information content (AvgIpc) is 3.21. The molecule has 34 heavy (non-hydrogen) atoms. The summed E-state index contributed by atoms with van der Waals surface area (Å²) in [5.41, 5.74) is -0.646. The van der Waals surface area contributed by atoms with Crippen LogP contribution in [-0.2, 0) is 32.8 Å². The molecule has 1 amide bonds. The zero-order valence-electron chi connectivity index (χ0n) is 17.8. The second-order valence-electron chi connectivity index (χ2n) is 7.10. The quantitative estimate of drug-likeness (QED) is 0.278. The molecule has 0 aliphatic carbocycles. The fourth-order valence-electron chi connectivity index (χ4n) is 2.98. The third-order valence-electron chi connectivity index (χ3n) is 4.75. The number of nitrogens with one attached hydrogen (secondary N) is 1. The minimum atomic E-state index is -4.73. The molecular weight excluding hydrogens is 482 g/mol. The Labute approximate surface area is 193 Å². The van der Waals surface area contributed by atoms with E-state index in [0.29, 0.717) is 5.56 Å². The first-order valence-electron chi connectivity index (χ1n) is 9.67. The summed E-state index contributed by atoms with van der Waals surface area (Å²) in [6.07, 6.45) is -3.38. The molecule has 2 aromatic heterocycles. The number of rotatable bonds is 8. The molecule has 0 radical (unpaired) electrons. The fourth-order valence-corrected chi connectivity index (χ4v) is 3.26. The number of carbonyl (C=O) groups is 1. The van der Waals surface area contributed by atoms with E-state index in [-0.39, 0.29) is 23.7 Å². The Bertz CT molecular complexity index is 1240. The van der Waals surface area contributed by atoms with Crippen molar-refractivity contribution in [3.8, 4) is 5.69 Å². The van der Waals surface area contributed by atoms with E-state index >= 15 is 0 Å². The Morgan fingerprint density at radius 1 is 1.24 bits per heavy atom. The van der Waals surface area contributed by atoms with Crippen LogP contribution in [-0.4, -0.2) is 36.1 Å². The molecular formula is C20H19F4N5O4S. The molecule has 14 heteroatoms. The van der Waals surface area contributed by atoms with Crippen LogP contribution in [0.25, 0.3) is 5.69 Å². The van der Waals surface area contributed by atoms with Crippen LogP contribution in [0.3, 0.4) is 0 Å². The van der Waals surface area contributed by atoms with Crippen LogP contribution in [0.4, 0.5) is 23.4 Å². The third kappa shape index (κ3) is 6.08. The van der Waals surface area contributed by atoms with Gasteiger partial charge in [0.25, 0.3) is 11.0 Å². The van der Waals surface area contributed by atoms with E-state index in [4.69, 9.17) is 0 Å². The number of thiol groups is 1. The molecule has 0 bridgehead atoms. The van der Waals surface area contributed by atoms with Crippen molar-refractivity contribution in [2.24, 2.45) is 0 Å². The number of halogens is 4. The number of nitrogens with zero attached hydrogens (tertiary/aromatic N) is 4. The molecule has 0 saturated carbocycles. The van der Waals surface area contributed by atoms with Crippen molar-refractivity contribution < 1.29 is 35.1 Å². The van der Waals surface area contributed by atoms with Crippen LogP contribution in [0.5, 0.6) is 0 Å². The molecule has 0 saturated heterocycles. The minimum absolute atomic E-state index is 0.00236. The van der Waals surface area contributed by atoms with Crippen molar-refractivity contribution in [2.45, 2.75) is 25.6 Å². The van der Waals surface area contributed by atoms with Gasteiger partial charge < -0.3 is 5.32 Å². The Balaban J connectivity index is 1.75. The maximum Gasteiger partial charge on any atom is 0.435 e. The van der Waals surface area contributed by atoms with E-state index < -0.39 is 40.5 Å². The smallest absolute Gasteiger partial charge is 0.350 e. The lowest BCUT2D eigenvalue weighted by atomic mass is 10.0. The van der Waals surface area contributed by atoms with Crippen molar-refractivity contribution in [3.05, 3.63) is 71.4 Å². The zero-order valence-corrected chi connectivity index (χ0v) is 18.7. The van der Waals surface area contributed by atoms with E-state index in [1.54, 1.807) is 6.92 Å². The molecule has 1 atom stereocenters. The van der Waals surface area contributed by atoms with Crippen LogP contribution < -0.4 is 10.4 Å². The lowest BCUT2D eigenvalue weighted by Crippen LogP contribution is -2.28. The largest absolute Gasteiger partial charge is 0.435 e. The zero-order chi connectivity index (χ0) is 25.0. The summed E-state index contributed by atoms with van der Waals surface area (Å²) >= 11 is 0. The summed E-state index contributed by atoms with van der Waals surface area (Å²) in [5, 5.41) is 6.99. The summed E-state index contributed by atoms with van der Waals surface area (Å²) < 4.78 is 79.8. The van der Waals surface area contributed by atoms with E-state index in [0.717, 1.165) is 27.9 Å². The predicted octanol–water partition coefficient (Wildman–Crippen LogP) is 2.74. The van der Waals surface area contributed by atoms with E-state index in [9.17, 15) is 30.8 Å². The number of anilines is 1. The molecule has 3 aromatic rings. The summed E-state index contributed by atoms with van der Waals surface area (Å²) in [5.74, 6) is -1.73. The first kappa shape index (κ1) is 25.1. The second kappa shape index (κ2) is 10.2. The van der Waals surface area contributed by atoms with E-state index in [1.807, 2.05) is 0 Å². The van der Waals surface area contributed by atoms with Crippen molar-refractivity contribution in [1.82, 2.24) is 20.1 Å². The van der Waals surface area contributed by atoms with Crippen LogP contribution in [0, 0.1) is 5.82 Å². The number of hydrogen-bond acceptors (Lipinski definition) is 7.